The maximum atomic E-state index is 12.2. The summed E-state index contributed by atoms with van der Waals surface area (Å²) in [4.78, 5) is 24.1. The molecule has 0 aliphatic rings. The summed E-state index contributed by atoms with van der Waals surface area (Å²) in [6.07, 6.45) is 4.40. The second kappa shape index (κ2) is 12.7. The van der Waals surface area contributed by atoms with E-state index in [-0.39, 0.29) is 17.3 Å². The Bertz CT molecular complexity index is 751. The van der Waals surface area contributed by atoms with Crippen molar-refractivity contribution in [3.63, 3.8) is 0 Å². The van der Waals surface area contributed by atoms with Crippen molar-refractivity contribution in [2.45, 2.75) is 57.0 Å². The van der Waals surface area contributed by atoms with Gasteiger partial charge in [-0.3, -0.25) is 9.59 Å². The molecule has 0 bridgehead atoms. The Morgan fingerprint density at radius 2 is 1.23 bits per heavy atom. The minimum absolute atomic E-state index is 0.0275. The van der Waals surface area contributed by atoms with Gasteiger partial charge in [-0.1, -0.05) is 37.1 Å². The van der Waals surface area contributed by atoms with Gasteiger partial charge >= 0.3 is 5.97 Å². The predicted molar refractivity (Wildman–Crippen MR) is 119 cm³/mol. The highest BCUT2D eigenvalue weighted by molar-refractivity contribution is 5.84. The Kier molecular flexibility index (Phi) is 10.00. The van der Waals surface area contributed by atoms with Crippen molar-refractivity contribution in [2.24, 2.45) is 11.5 Å². The topological polar surface area (TPSA) is 136 Å². The van der Waals surface area contributed by atoms with E-state index in [0.717, 1.165) is 30.4 Å². The van der Waals surface area contributed by atoms with Gasteiger partial charge in [0.15, 0.2) is 0 Å². The number of carbonyl (C=O) groups excluding carboxylic acids is 2. The molecule has 0 amide bonds. The van der Waals surface area contributed by atoms with Crippen LogP contribution in [0.5, 0.6) is 11.5 Å². The lowest BCUT2D eigenvalue weighted by molar-refractivity contribution is -0.145. The Labute approximate surface area is 183 Å². The first kappa shape index (κ1) is 24.4. The van der Waals surface area contributed by atoms with Crippen molar-refractivity contribution in [1.82, 2.24) is 0 Å². The zero-order chi connectivity index (χ0) is 22.6. The fourth-order valence-corrected chi connectivity index (χ4v) is 3.19. The van der Waals surface area contributed by atoms with Crippen LogP contribution in [-0.4, -0.2) is 40.7 Å². The van der Waals surface area contributed by atoms with Crippen LogP contribution in [0, 0.1) is 0 Å². The molecule has 2 atom stereocenters. The van der Waals surface area contributed by atoms with E-state index in [1.807, 2.05) is 0 Å². The third kappa shape index (κ3) is 9.19. The number of ether oxygens (including phenoxy) is 1. The summed E-state index contributed by atoms with van der Waals surface area (Å²) in [5.41, 5.74) is 13.6. The van der Waals surface area contributed by atoms with Gasteiger partial charge in [0.1, 0.15) is 23.3 Å². The van der Waals surface area contributed by atoms with E-state index >= 15 is 0 Å². The Morgan fingerprint density at radius 3 is 1.77 bits per heavy atom. The third-order valence-corrected chi connectivity index (χ3v) is 5.06. The van der Waals surface area contributed by atoms with E-state index in [1.54, 1.807) is 48.5 Å². The first-order valence-electron chi connectivity index (χ1n) is 10.6. The largest absolute Gasteiger partial charge is 0.508 e. The zero-order valence-electron chi connectivity index (χ0n) is 17.7. The molecule has 168 valence electrons. The number of Topliss-reactive ketones (excluding diaryl/α,β-unsaturated/α-hetero) is 1. The SMILES string of the molecule is N[C@@H](Cc1ccc(O)cc1)C(=O)CCCCCCOC(=O)[C@@H](N)Cc1ccc(O)cc1. The molecule has 0 aromatic heterocycles. The molecule has 2 rings (SSSR count). The number of aromatic hydroxyl groups is 2. The molecule has 0 unspecified atom stereocenters. The van der Waals surface area contributed by atoms with Crippen LogP contribution in [0.4, 0.5) is 0 Å². The first-order chi connectivity index (χ1) is 14.8. The van der Waals surface area contributed by atoms with Crippen molar-refractivity contribution >= 4 is 11.8 Å². The summed E-state index contributed by atoms with van der Waals surface area (Å²) in [6, 6.07) is 12.0. The van der Waals surface area contributed by atoms with Crippen LogP contribution in [0.3, 0.4) is 0 Å². The number of nitrogens with two attached hydrogens (primary N) is 2. The molecule has 7 nitrogen and oxygen atoms in total. The van der Waals surface area contributed by atoms with Crippen LogP contribution in [0.25, 0.3) is 0 Å². The van der Waals surface area contributed by atoms with Gasteiger partial charge in [0.25, 0.3) is 0 Å². The Hall–Kier alpha value is -2.90. The van der Waals surface area contributed by atoms with Crippen LogP contribution in [0.2, 0.25) is 0 Å². The van der Waals surface area contributed by atoms with Crippen molar-refractivity contribution in [2.75, 3.05) is 6.61 Å². The van der Waals surface area contributed by atoms with Gasteiger partial charge in [0.2, 0.25) is 0 Å². The number of hydrogen-bond acceptors (Lipinski definition) is 7. The maximum absolute atomic E-state index is 12.2. The predicted octanol–water partition coefficient (Wildman–Crippen LogP) is 2.60. The molecular weight excluding hydrogens is 396 g/mol. The molecule has 2 aromatic carbocycles. The van der Waals surface area contributed by atoms with Gasteiger partial charge in [0.05, 0.1) is 12.6 Å². The fourth-order valence-electron chi connectivity index (χ4n) is 3.19. The quantitative estimate of drug-likeness (QED) is 0.284. The number of hydrogen-bond donors (Lipinski definition) is 4. The molecule has 0 fully saturated rings. The standard InChI is InChI=1S/C24H32N2O5/c25-21(15-17-6-10-19(27)11-7-17)23(29)5-3-1-2-4-14-31-24(30)22(26)16-18-8-12-20(28)13-9-18/h6-13,21-22,27-28H,1-5,14-16,25-26H2/t21-,22-/m0/s1. The number of rotatable bonds is 13. The smallest absolute Gasteiger partial charge is 0.323 e. The van der Waals surface area contributed by atoms with Crippen LogP contribution in [-0.2, 0) is 27.2 Å². The molecule has 0 aliphatic heterocycles. The molecule has 0 heterocycles. The molecular formula is C24H32N2O5. The van der Waals surface area contributed by atoms with Gasteiger partial charge in [0, 0.05) is 6.42 Å². The molecule has 31 heavy (non-hydrogen) atoms. The zero-order valence-corrected chi connectivity index (χ0v) is 17.7. The van der Waals surface area contributed by atoms with E-state index < -0.39 is 18.1 Å². The first-order valence-corrected chi connectivity index (χ1v) is 10.6. The van der Waals surface area contributed by atoms with Crippen molar-refractivity contribution in [3.8, 4) is 11.5 Å². The van der Waals surface area contributed by atoms with Gasteiger partial charge in [-0.2, -0.15) is 0 Å². The van der Waals surface area contributed by atoms with Crippen LogP contribution in [0.1, 0.15) is 43.2 Å². The van der Waals surface area contributed by atoms with Crippen LogP contribution in [0.15, 0.2) is 48.5 Å². The molecule has 7 heteroatoms. The van der Waals surface area contributed by atoms with E-state index in [1.165, 1.54) is 0 Å². The number of benzene rings is 2. The van der Waals surface area contributed by atoms with E-state index in [9.17, 15) is 19.8 Å². The summed E-state index contributed by atoms with van der Waals surface area (Å²) in [7, 11) is 0. The monoisotopic (exact) mass is 428 g/mol. The minimum atomic E-state index is -0.739. The molecule has 2 aromatic rings. The number of phenolic OH excluding ortho intramolecular Hbond substituents is 2. The number of ketones is 1. The summed E-state index contributed by atoms with van der Waals surface area (Å²) in [6.45, 7) is 0.302. The molecule has 6 N–H and O–H groups in total. The van der Waals surface area contributed by atoms with Gasteiger partial charge < -0.3 is 26.4 Å². The van der Waals surface area contributed by atoms with E-state index in [0.29, 0.717) is 32.3 Å². The molecule has 0 aliphatic carbocycles. The lowest BCUT2D eigenvalue weighted by Crippen LogP contribution is -2.34. The fraction of sp³-hybridized carbons (Fsp3) is 0.417. The summed E-state index contributed by atoms with van der Waals surface area (Å²) in [5, 5.41) is 18.6. The highest BCUT2D eigenvalue weighted by atomic mass is 16.5. The molecule has 0 radical (unpaired) electrons. The minimum Gasteiger partial charge on any atom is -0.508 e. The highest BCUT2D eigenvalue weighted by Crippen LogP contribution is 2.13. The van der Waals surface area contributed by atoms with Crippen molar-refractivity contribution in [3.05, 3.63) is 59.7 Å². The lowest BCUT2D eigenvalue weighted by Gasteiger charge is -2.12. The second-order valence-electron chi connectivity index (χ2n) is 7.75. The Balaban J connectivity index is 1.53. The van der Waals surface area contributed by atoms with Gasteiger partial charge in [-0.05, 0) is 61.1 Å². The molecule has 0 saturated carbocycles. The number of phenols is 2. The molecule has 0 spiro atoms. The summed E-state index contributed by atoms with van der Waals surface area (Å²) in [5.74, 6) is -0.0576. The Morgan fingerprint density at radius 1 is 0.742 bits per heavy atom. The van der Waals surface area contributed by atoms with Crippen molar-refractivity contribution in [1.29, 1.82) is 0 Å². The average Bonchev–Trinajstić information content (AvgIpc) is 2.75. The number of carbonyl (C=O) groups is 2. The van der Waals surface area contributed by atoms with Gasteiger partial charge in [-0.25, -0.2) is 0 Å². The van der Waals surface area contributed by atoms with Crippen LogP contribution >= 0.6 is 0 Å². The normalized spacial score (nSPS) is 12.8. The van der Waals surface area contributed by atoms with E-state index in [2.05, 4.69) is 0 Å². The van der Waals surface area contributed by atoms with E-state index in [4.69, 9.17) is 16.2 Å². The third-order valence-electron chi connectivity index (χ3n) is 5.06. The number of unbranched alkanes of at least 4 members (excludes halogenated alkanes) is 3. The summed E-state index contributed by atoms with van der Waals surface area (Å²) < 4.78 is 5.22. The molecule has 0 saturated heterocycles. The lowest BCUT2D eigenvalue weighted by atomic mass is 9.99. The maximum Gasteiger partial charge on any atom is 0.323 e. The van der Waals surface area contributed by atoms with Gasteiger partial charge in [-0.15, -0.1) is 0 Å². The van der Waals surface area contributed by atoms with Crippen LogP contribution < -0.4 is 11.5 Å². The highest BCUT2D eigenvalue weighted by Gasteiger charge is 2.16. The average molecular weight is 429 g/mol. The summed E-state index contributed by atoms with van der Waals surface area (Å²) >= 11 is 0. The number of esters is 1. The van der Waals surface area contributed by atoms with Crippen molar-refractivity contribution < 1.29 is 24.5 Å². The second-order valence-corrected chi connectivity index (χ2v) is 7.75.